The molecule has 122 valence electrons. The number of nitrogens with one attached hydrogen (secondary N) is 1. The number of imide groups is 1. The highest BCUT2D eigenvalue weighted by Gasteiger charge is 2.39. The molecule has 0 bridgehead atoms. The van der Waals surface area contributed by atoms with E-state index in [0.29, 0.717) is 16.9 Å². The van der Waals surface area contributed by atoms with Crippen molar-refractivity contribution in [2.45, 2.75) is 12.5 Å². The van der Waals surface area contributed by atoms with Gasteiger partial charge in [0.2, 0.25) is 11.8 Å². The normalized spacial score (nSPS) is 17.2. The Morgan fingerprint density at radius 1 is 1.08 bits per heavy atom. The van der Waals surface area contributed by atoms with Crippen LogP contribution in [0.3, 0.4) is 0 Å². The van der Waals surface area contributed by atoms with Crippen molar-refractivity contribution in [3.05, 3.63) is 59.9 Å². The van der Waals surface area contributed by atoms with Crippen LogP contribution in [0.1, 0.15) is 16.8 Å². The molecular formula is C17H14FN3O3. The van der Waals surface area contributed by atoms with Crippen molar-refractivity contribution in [3.63, 3.8) is 0 Å². The van der Waals surface area contributed by atoms with E-state index in [0.717, 1.165) is 4.90 Å². The fourth-order valence-corrected chi connectivity index (χ4v) is 2.54. The molecule has 3 N–H and O–H groups in total. The summed E-state index contributed by atoms with van der Waals surface area (Å²) in [5.41, 5.74) is 6.44. The molecule has 24 heavy (non-hydrogen) atoms. The summed E-state index contributed by atoms with van der Waals surface area (Å²) in [6.45, 7) is 0. The zero-order valence-corrected chi connectivity index (χ0v) is 12.5. The number of nitrogens with zero attached hydrogens (tertiary/aromatic N) is 1. The Kier molecular flexibility index (Phi) is 3.99. The number of benzene rings is 2. The quantitative estimate of drug-likeness (QED) is 0.836. The van der Waals surface area contributed by atoms with Gasteiger partial charge in [-0.2, -0.15) is 0 Å². The van der Waals surface area contributed by atoms with Gasteiger partial charge in [0.1, 0.15) is 11.9 Å². The highest BCUT2D eigenvalue weighted by atomic mass is 19.1. The Morgan fingerprint density at radius 2 is 1.71 bits per heavy atom. The largest absolute Gasteiger partial charge is 0.373 e. The van der Waals surface area contributed by atoms with Crippen LogP contribution in [0.15, 0.2) is 48.5 Å². The number of hydrogen-bond acceptors (Lipinski definition) is 4. The van der Waals surface area contributed by atoms with E-state index in [2.05, 4.69) is 5.32 Å². The van der Waals surface area contributed by atoms with Crippen LogP contribution in [0.2, 0.25) is 0 Å². The van der Waals surface area contributed by atoms with Crippen LogP contribution in [0.5, 0.6) is 0 Å². The monoisotopic (exact) mass is 327 g/mol. The highest BCUT2D eigenvalue weighted by Crippen LogP contribution is 2.25. The van der Waals surface area contributed by atoms with Gasteiger partial charge >= 0.3 is 0 Å². The Balaban J connectivity index is 1.76. The molecule has 0 aliphatic carbocycles. The summed E-state index contributed by atoms with van der Waals surface area (Å²) in [6.07, 6.45) is -0.00617. The summed E-state index contributed by atoms with van der Waals surface area (Å²) in [6, 6.07) is 10.7. The van der Waals surface area contributed by atoms with Crippen molar-refractivity contribution in [2.24, 2.45) is 5.73 Å². The molecule has 1 saturated heterocycles. The molecule has 6 nitrogen and oxygen atoms in total. The van der Waals surface area contributed by atoms with Crippen LogP contribution < -0.4 is 16.0 Å². The standard InChI is InChI=1S/C17H14FN3O3/c18-11-3-7-13(8-4-11)21-15(22)9-14(17(21)24)20-12-5-1-10(2-6-12)16(19)23/h1-8,14,20H,9H2,(H2,19,23)/t14-/m1/s1. The Hall–Kier alpha value is -3.22. The number of hydrogen-bond donors (Lipinski definition) is 2. The third kappa shape index (κ3) is 2.96. The lowest BCUT2D eigenvalue weighted by molar-refractivity contribution is -0.121. The minimum Gasteiger partial charge on any atom is -0.373 e. The van der Waals surface area contributed by atoms with E-state index < -0.39 is 23.7 Å². The van der Waals surface area contributed by atoms with Gasteiger partial charge in [0.25, 0.3) is 5.91 Å². The number of primary amides is 1. The SMILES string of the molecule is NC(=O)c1ccc(N[C@@H]2CC(=O)N(c3ccc(F)cc3)C2=O)cc1. The molecule has 0 aromatic heterocycles. The lowest BCUT2D eigenvalue weighted by Gasteiger charge is -2.16. The molecule has 1 fully saturated rings. The Labute approximate surface area is 137 Å². The molecular weight excluding hydrogens is 313 g/mol. The van der Waals surface area contributed by atoms with E-state index in [1.165, 1.54) is 36.4 Å². The van der Waals surface area contributed by atoms with Crippen molar-refractivity contribution >= 4 is 29.1 Å². The summed E-state index contributed by atoms with van der Waals surface area (Å²) < 4.78 is 13.0. The maximum absolute atomic E-state index is 13.0. The van der Waals surface area contributed by atoms with Crippen molar-refractivity contribution in [1.82, 2.24) is 0 Å². The number of carbonyl (C=O) groups excluding carboxylic acids is 3. The topological polar surface area (TPSA) is 92.5 Å². The number of nitrogens with two attached hydrogens (primary N) is 1. The first-order chi connectivity index (χ1) is 11.5. The summed E-state index contributed by atoms with van der Waals surface area (Å²) >= 11 is 0. The van der Waals surface area contributed by atoms with Gasteiger partial charge in [0.15, 0.2) is 0 Å². The van der Waals surface area contributed by atoms with Gasteiger partial charge in [-0.3, -0.25) is 14.4 Å². The fraction of sp³-hybridized carbons (Fsp3) is 0.118. The van der Waals surface area contributed by atoms with E-state index in [4.69, 9.17) is 5.73 Å². The van der Waals surface area contributed by atoms with Gasteiger partial charge in [-0.1, -0.05) is 0 Å². The molecule has 3 rings (SSSR count). The summed E-state index contributed by atoms with van der Waals surface area (Å²) in [5.74, 6) is -1.76. The molecule has 2 aromatic rings. The second kappa shape index (κ2) is 6.11. The maximum atomic E-state index is 13.0. The van der Waals surface area contributed by atoms with Crippen molar-refractivity contribution in [1.29, 1.82) is 0 Å². The van der Waals surface area contributed by atoms with Crippen LogP contribution in [-0.2, 0) is 9.59 Å². The number of carbonyl (C=O) groups is 3. The maximum Gasteiger partial charge on any atom is 0.256 e. The average Bonchev–Trinajstić information content (AvgIpc) is 2.83. The van der Waals surface area contributed by atoms with Crippen LogP contribution >= 0.6 is 0 Å². The minimum absolute atomic E-state index is 0.00617. The van der Waals surface area contributed by atoms with Gasteiger partial charge in [-0.25, -0.2) is 9.29 Å². The molecule has 0 unspecified atom stereocenters. The van der Waals surface area contributed by atoms with Gasteiger partial charge in [-0.05, 0) is 48.5 Å². The van der Waals surface area contributed by atoms with Crippen LogP contribution in [0, 0.1) is 5.82 Å². The third-order valence-corrected chi connectivity index (χ3v) is 3.74. The Bertz CT molecular complexity index is 803. The number of amides is 3. The molecule has 0 radical (unpaired) electrons. The lowest BCUT2D eigenvalue weighted by Crippen LogP contribution is -2.34. The zero-order valence-electron chi connectivity index (χ0n) is 12.5. The molecule has 1 heterocycles. The van der Waals surface area contributed by atoms with Gasteiger partial charge in [0.05, 0.1) is 12.1 Å². The summed E-state index contributed by atoms with van der Waals surface area (Å²) in [7, 11) is 0. The van der Waals surface area contributed by atoms with E-state index in [9.17, 15) is 18.8 Å². The van der Waals surface area contributed by atoms with Crippen LogP contribution in [0.4, 0.5) is 15.8 Å². The Morgan fingerprint density at radius 3 is 2.29 bits per heavy atom. The third-order valence-electron chi connectivity index (χ3n) is 3.74. The van der Waals surface area contributed by atoms with Gasteiger partial charge in [0, 0.05) is 11.3 Å². The smallest absolute Gasteiger partial charge is 0.256 e. The summed E-state index contributed by atoms with van der Waals surface area (Å²) in [5, 5.41) is 2.96. The van der Waals surface area contributed by atoms with E-state index >= 15 is 0 Å². The van der Waals surface area contributed by atoms with Crippen molar-refractivity contribution in [2.75, 3.05) is 10.2 Å². The molecule has 3 amide bonds. The van der Waals surface area contributed by atoms with E-state index in [-0.39, 0.29) is 12.3 Å². The van der Waals surface area contributed by atoms with Crippen molar-refractivity contribution in [3.8, 4) is 0 Å². The lowest BCUT2D eigenvalue weighted by atomic mass is 10.1. The number of halogens is 1. The van der Waals surface area contributed by atoms with Gasteiger partial charge in [-0.15, -0.1) is 0 Å². The van der Waals surface area contributed by atoms with E-state index in [1.807, 2.05) is 0 Å². The van der Waals surface area contributed by atoms with Gasteiger partial charge < -0.3 is 11.1 Å². The van der Waals surface area contributed by atoms with Crippen molar-refractivity contribution < 1.29 is 18.8 Å². The first kappa shape index (κ1) is 15.7. The average molecular weight is 327 g/mol. The first-order valence-electron chi connectivity index (χ1n) is 7.24. The molecule has 1 aliphatic rings. The zero-order chi connectivity index (χ0) is 17.3. The molecule has 1 atom stereocenters. The first-order valence-corrected chi connectivity index (χ1v) is 7.24. The van der Waals surface area contributed by atoms with E-state index in [1.54, 1.807) is 12.1 Å². The predicted molar refractivity (Wildman–Crippen MR) is 85.9 cm³/mol. The number of anilines is 2. The molecule has 0 spiro atoms. The molecule has 7 heteroatoms. The molecule has 2 aromatic carbocycles. The predicted octanol–water partition coefficient (Wildman–Crippen LogP) is 1.67. The summed E-state index contributed by atoms with van der Waals surface area (Å²) in [4.78, 5) is 36.7. The second-order valence-electron chi connectivity index (χ2n) is 5.39. The fourth-order valence-electron chi connectivity index (χ4n) is 2.54. The number of rotatable bonds is 4. The molecule has 1 aliphatic heterocycles. The highest BCUT2D eigenvalue weighted by molar-refractivity contribution is 6.23. The van der Waals surface area contributed by atoms with Crippen LogP contribution in [-0.4, -0.2) is 23.8 Å². The second-order valence-corrected chi connectivity index (χ2v) is 5.39. The van der Waals surface area contributed by atoms with Crippen LogP contribution in [0.25, 0.3) is 0 Å². The minimum atomic E-state index is -0.720. The molecule has 0 saturated carbocycles.